The van der Waals surface area contributed by atoms with Gasteiger partial charge in [0.25, 0.3) is 0 Å². The van der Waals surface area contributed by atoms with Crippen LogP contribution < -0.4 is 14.5 Å². The second-order valence-electron chi connectivity index (χ2n) is 7.82. The predicted octanol–water partition coefficient (Wildman–Crippen LogP) is 2.21. The Morgan fingerprint density at radius 2 is 1.60 bits per heavy atom. The number of rotatable bonds is 5. The lowest BCUT2D eigenvalue weighted by Crippen LogP contribution is -2.49. The lowest BCUT2D eigenvalue weighted by Gasteiger charge is -2.35. The maximum absolute atomic E-state index is 13.3. The summed E-state index contributed by atoms with van der Waals surface area (Å²) in [5, 5.41) is 0. The molecule has 3 heterocycles. The maximum Gasteiger partial charge on any atom is 0.243 e. The molecule has 2 saturated heterocycles. The third kappa shape index (κ3) is 3.83. The van der Waals surface area contributed by atoms with Crippen LogP contribution in [0.2, 0.25) is 0 Å². The lowest BCUT2D eigenvalue weighted by molar-refractivity contribution is 0.383. The fourth-order valence-electron chi connectivity index (χ4n) is 4.15. The highest BCUT2D eigenvalue weighted by Gasteiger charge is 2.31. The van der Waals surface area contributed by atoms with Crippen molar-refractivity contribution >= 4 is 21.8 Å². The molecular formula is C21H29N5O3S. The molecule has 1 aromatic carbocycles. The Balaban J connectivity index is 1.48. The first-order chi connectivity index (χ1) is 14.4. The molecular weight excluding hydrogens is 402 g/mol. The number of nitrogens with zero attached hydrogens (tertiary/aromatic N) is 5. The number of benzene rings is 1. The van der Waals surface area contributed by atoms with E-state index in [-0.39, 0.29) is 0 Å². The van der Waals surface area contributed by atoms with Gasteiger partial charge in [-0.25, -0.2) is 13.4 Å². The van der Waals surface area contributed by atoms with Crippen molar-refractivity contribution in [1.82, 2.24) is 14.3 Å². The molecule has 0 spiro atoms. The smallest absolute Gasteiger partial charge is 0.243 e. The van der Waals surface area contributed by atoms with Gasteiger partial charge in [-0.15, -0.1) is 0 Å². The molecule has 1 aromatic heterocycles. The van der Waals surface area contributed by atoms with Gasteiger partial charge in [-0.05, 0) is 56.0 Å². The highest BCUT2D eigenvalue weighted by molar-refractivity contribution is 7.89. The zero-order valence-corrected chi connectivity index (χ0v) is 18.7. The first-order valence-corrected chi connectivity index (χ1v) is 11.8. The first kappa shape index (κ1) is 20.9. The summed E-state index contributed by atoms with van der Waals surface area (Å²) in [6.45, 7) is 7.77. The molecule has 0 saturated carbocycles. The molecule has 0 N–H and O–H groups in total. The van der Waals surface area contributed by atoms with Crippen LogP contribution in [-0.4, -0.2) is 69.1 Å². The number of sulfonamides is 1. The van der Waals surface area contributed by atoms with Crippen molar-refractivity contribution in [3.05, 3.63) is 35.5 Å². The Labute approximate surface area is 178 Å². The van der Waals surface area contributed by atoms with Crippen molar-refractivity contribution in [1.29, 1.82) is 0 Å². The molecule has 4 rings (SSSR count). The largest absolute Gasteiger partial charge is 0.496 e. The van der Waals surface area contributed by atoms with Crippen molar-refractivity contribution in [2.24, 2.45) is 0 Å². The Kier molecular flexibility index (Phi) is 5.84. The van der Waals surface area contributed by atoms with Gasteiger partial charge in [0.2, 0.25) is 16.0 Å². The van der Waals surface area contributed by atoms with E-state index >= 15 is 0 Å². The number of aromatic nitrogens is 2. The standard InChI is InChI=1S/C21H29N5O3S/c1-16-17(2)19(7-6-18(16)29-3)30(27,28)26-14-12-24(13-15-26)20-8-9-22-21(23-20)25-10-4-5-11-25/h6-9H,4-5,10-15H2,1-3H3. The van der Waals surface area contributed by atoms with Crippen LogP contribution >= 0.6 is 0 Å². The lowest BCUT2D eigenvalue weighted by atomic mass is 10.1. The van der Waals surface area contributed by atoms with E-state index in [1.165, 1.54) is 12.8 Å². The van der Waals surface area contributed by atoms with Gasteiger partial charge in [0.05, 0.1) is 12.0 Å². The zero-order valence-electron chi connectivity index (χ0n) is 17.8. The van der Waals surface area contributed by atoms with Gasteiger partial charge in [-0.3, -0.25) is 0 Å². The molecule has 0 unspecified atom stereocenters. The van der Waals surface area contributed by atoms with Crippen molar-refractivity contribution in [2.45, 2.75) is 31.6 Å². The van der Waals surface area contributed by atoms with Gasteiger partial charge in [-0.1, -0.05) is 0 Å². The summed E-state index contributed by atoms with van der Waals surface area (Å²) < 4.78 is 33.4. The van der Waals surface area contributed by atoms with Gasteiger partial charge in [0.15, 0.2) is 0 Å². The summed E-state index contributed by atoms with van der Waals surface area (Å²) in [4.78, 5) is 13.8. The van der Waals surface area contributed by atoms with E-state index in [9.17, 15) is 8.42 Å². The van der Waals surface area contributed by atoms with E-state index in [0.29, 0.717) is 36.8 Å². The van der Waals surface area contributed by atoms with E-state index < -0.39 is 10.0 Å². The van der Waals surface area contributed by atoms with Crippen LogP contribution in [0.3, 0.4) is 0 Å². The van der Waals surface area contributed by atoms with Crippen LogP contribution in [0.1, 0.15) is 24.0 Å². The zero-order chi connectivity index (χ0) is 21.3. The summed E-state index contributed by atoms with van der Waals surface area (Å²) >= 11 is 0. The van der Waals surface area contributed by atoms with Gasteiger partial charge in [-0.2, -0.15) is 9.29 Å². The van der Waals surface area contributed by atoms with Crippen LogP contribution in [0.15, 0.2) is 29.3 Å². The SMILES string of the molecule is COc1ccc(S(=O)(=O)N2CCN(c3ccnc(N4CCCC4)n3)CC2)c(C)c1C. The Morgan fingerprint density at radius 1 is 0.900 bits per heavy atom. The Bertz CT molecular complexity index is 1010. The second kappa shape index (κ2) is 8.39. The van der Waals surface area contributed by atoms with Crippen molar-refractivity contribution in [2.75, 3.05) is 56.2 Å². The Morgan fingerprint density at radius 3 is 2.27 bits per heavy atom. The van der Waals surface area contributed by atoms with Crippen LogP contribution in [0, 0.1) is 13.8 Å². The highest BCUT2D eigenvalue weighted by Crippen LogP contribution is 2.29. The molecule has 2 aliphatic heterocycles. The summed E-state index contributed by atoms with van der Waals surface area (Å²) in [6, 6.07) is 5.28. The third-order valence-corrected chi connectivity index (χ3v) is 8.15. The molecule has 0 atom stereocenters. The molecule has 8 nitrogen and oxygen atoms in total. The van der Waals surface area contributed by atoms with Crippen LogP contribution in [0.5, 0.6) is 5.75 Å². The number of ether oxygens (including phenoxy) is 1. The number of hydrogen-bond donors (Lipinski definition) is 0. The fraction of sp³-hybridized carbons (Fsp3) is 0.524. The maximum atomic E-state index is 13.3. The quantitative estimate of drug-likeness (QED) is 0.718. The minimum absolute atomic E-state index is 0.354. The molecule has 0 bridgehead atoms. The summed E-state index contributed by atoms with van der Waals surface area (Å²) in [5.41, 5.74) is 1.59. The minimum atomic E-state index is -3.56. The van der Waals surface area contributed by atoms with E-state index in [1.807, 2.05) is 19.9 Å². The summed E-state index contributed by atoms with van der Waals surface area (Å²) in [7, 11) is -1.96. The number of anilines is 2. The van der Waals surface area contributed by atoms with Crippen molar-refractivity contribution in [3.63, 3.8) is 0 Å². The molecule has 0 aliphatic carbocycles. The van der Waals surface area contributed by atoms with Gasteiger partial charge in [0, 0.05) is 45.5 Å². The number of piperazine rings is 1. The van der Waals surface area contributed by atoms with E-state index in [4.69, 9.17) is 9.72 Å². The van der Waals surface area contributed by atoms with Crippen LogP contribution in [-0.2, 0) is 10.0 Å². The first-order valence-electron chi connectivity index (χ1n) is 10.4. The fourth-order valence-corrected chi connectivity index (χ4v) is 5.86. The van der Waals surface area contributed by atoms with Crippen LogP contribution in [0.4, 0.5) is 11.8 Å². The normalized spacial score (nSPS) is 18.1. The van der Waals surface area contributed by atoms with Gasteiger partial charge >= 0.3 is 0 Å². The third-order valence-electron chi connectivity index (χ3n) is 6.11. The Hall–Kier alpha value is -2.39. The summed E-state index contributed by atoms with van der Waals surface area (Å²) in [6.07, 6.45) is 4.14. The topological polar surface area (TPSA) is 78.9 Å². The summed E-state index contributed by atoms with van der Waals surface area (Å²) in [5.74, 6) is 2.33. The molecule has 2 aliphatic rings. The molecule has 0 radical (unpaired) electrons. The van der Waals surface area contributed by atoms with Gasteiger partial charge in [0.1, 0.15) is 11.6 Å². The van der Waals surface area contributed by atoms with Gasteiger partial charge < -0.3 is 14.5 Å². The monoisotopic (exact) mass is 431 g/mol. The van der Waals surface area contributed by atoms with Crippen molar-refractivity contribution in [3.8, 4) is 5.75 Å². The average molecular weight is 432 g/mol. The van der Waals surface area contributed by atoms with Crippen molar-refractivity contribution < 1.29 is 13.2 Å². The highest BCUT2D eigenvalue weighted by atomic mass is 32.2. The molecule has 162 valence electrons. The minimum Gasteiger partial charge on any atom is -0.496 e. The van der Waals surface area contributed by atoms with E-state index in [2.05, 4.69) is 14.8 Å². The predicted molar refractivity (Wildman–Crippen MR) is 117 cm³/mol. The molecule has 0 amide bonds. The van der Waals surface area contributed by atoms with E-state index in [0.717, 1.165) is 36.0 Å². The molecule has 2 fully saturated rings. The average Bonchev–Trinajstić information content (AvgIpc) is 3.31. The van der Waals surface area contributed by atoms with Crippen LogP contribution in [0.25, 0.3) is 0 Å². The molecule has 2 aromatic rings. The molecule has 9 heteroatoms. The number of hydrogen-bond acceptors (Lipinski definition) is 7. The second-order valence-corrected chi connectivity index (χ2v) is 9.72. The molecule has 30 heavy (non-hydrogen) atoms. The van der Waals surface area contributed by atoms with E-state index in [1.54, 1.807) is 29.7 Å². The number of methoxy groups -OCH3 is 1.